The van der Waals surface area contributed by atoms with Crippen LogP contribution < -0.4 is 16.0 Å². The molecule has 3 aliphatic rings. The van der Waals surface area contributed by atoms with Gasteiger partial charge in [0.1, 0.15) is 17.9 Å². The molecule has 1 aliphatic carbocycles. The second-order valence-corrected chi connectivity index (χ2v) is 14.5. The van der Waals surface area contributed by atoms with Gasteiger partial charge in [-0.05, 0) is 124 Å². The number of carbonyl (C=O) groups excluding carboxylic acids is 4. The molecule has 0 unspecified atom stereocenters. The minimum absolute atomic E-state index is 0.0223. The number of imide groups is 2. The van der Waals surface area contributed by atoms with E-state index in [4.69, 9.17) is 16.1 Å². The number of carbonyl (C=O) groups is 4. The van der Waals surface area contributed by atoms with Crippen LogP contribution in [0.4, 0.5) is 11.4 Å². The summed E-state index contributed by atoms with van der Waals surface area (Å²) in [5.41, 5.74) is 7.77. The number of anilines is 2. The fourth-order valence-electron chi connectivity index (χ4n) is 7.92. The lowest BCUT2D eigenvalue weighted by Gasteiger charge is -2.36. The van der Waals surface area contributed by atoms with Crippen LogP contribution >= 0.6 is 11.6 Å². The summed E-state index contributed by atoms with van der Waals surface area (Å²) in [6.45, 7) is 6.70. The van der Waals surface area contributed by atoms with Crippen LogP contribution in [0.15, 0.2) is 59.1 Å². The van der Waals surface area contributed by atoms with Crippen LogP contribution in [0.3, 0.4) is 0 Å². The quantitative estimate of drug-likeness (QED) is 0.152. The summed E-state index contributed by atoms with van der Waals surface area (Å²) in [7, 11) is 0. The van der Waals surface area contributed by atoms with Crippen LogP contribution in [-0.2, 0) is 9.59 Å². The molecule has 7 rings (SSSR count). The largest absolute Gasteiger partial charge is 0.385 e. The maximum atomic E-state index is 13.3. The Bertz CT molecular complexity index is 2130. The fourth-order valence-corrected chi connectivity index (χ4v) is 8.14. The molecule has 0 bridgehead atoms. The first kappa shape index (κ1) is 35.0. The van der Waals surface area contributed by atoms with Gasteiger partial charge in [0.05, 0.1) is 33.4 Å². The first-order valence-electron chi connectivity index (χ1n) is 17.6. The van der Waals surface area contributed by atoms with E-state index in [0.29, 0.717) is 29.0 Å². The SMILES string of the molecule is Cc1ccc(-c2c(C)noc2C)cc1[C@H](Nc1ccc(C#N)c(Cl)c1)C1CCC(CNc2ccc3c(c2)C(=O)N([C@@H]2CCC(=O)NC2=O)C3=O)CC1. The molecule has 1 saturated heterocycles. The number of benzene rings is 3. The van der Waals surface area contributed by atoms with Gasteiger partial charge in [-0.3, -0.25) is 29.4 Å². The van der Waals surface area contributed by atoms with Crippen molar-refractivity contribution in [2.24, 2.45) is 11.8 Å². The van der Waals surface area contributed by atoms with Crippen molar-refractivity contribution in [2.45, 2.75) is 71.4 Å². The molecule has 4 aromatic rings. The fraction of sp³-hybridized carbons (Fsp3) is 0.350. The lowest BCUT2D eigenvalue weighted by Crippen LogP contribution is -2.54. The normalized spacial score (nSPS) is 20.7. The molecule has 11 nitrogen and oxygen atoms in total. The van der Waals surface area contributed by atoms with Crippen molar-refractivity contribution in [3.8, 4) is 17.2 Å². The van der Waals surface area contributed by atoms with Crippen molar-refractivity contribution in [3.63, 3.8) is 0 Å². The number of hydrogen-bond acceptors (Lipinski definition) is 9. The first-order valence-corrected chi connectivity index (χ1v) is 18.0. The number of halogens is 1. The van der Waals surface area contributed by atoms with E-state index in [1.165, 1.54) is 5.56 Å². The Labute approximate surface area is 306 Å². The van der Waals surface area contributed by atoms with Gasteiger partial charge in [0.15, 0.2) is 0 Å². The number of nitrogens with zero attached hydrogens (tertiary/aromatic N) is 3. The predicted octanol–water partition coefficient (Wildman–Crippen LogP) is 7.26. The number of nitriles is 1. The number of aromatic nitrogens is 1. The average molecular weight is 719 g/mol. The minimum Gasteiger partial charge on any atom is -0.385 e. The maximum absolute atomic E-state index is 13.3. The standard InChI is InChI=1S/C40H39ClN6O5/c1-21-4-7-26(36-22(2)46-52-23(36)3)16-31(21)37(44-29-11-10-27(19-42)33(41)18-29)25-8-5-24(6-9-25)20-43-28-12-13-30-32(17-28)40(51)47(39(30)50)34-14-15-35(48)45-38(34)49/h4,7,10-13,16-18,24-25,34,37,43-44H,5-6,8-9,14-15,20H2,1-3H3,(H,45,48,49)/t24?,25?,34-,37-/m1/s1. The third-order valence-corrected chi connectivity index (χ3v) is 11.1. The van der Waals surface area contributed by atoms with E-state index in [0.717, 1.165) is 70.1 Å². The smallest absolute Gasteiger partial charge is 0.262 e. The summed E-state index contributed by atoms with van der Waals surface area (Å²) in [4.78, 5) is 51.5. The average Bonchev–Trinajstić information content (AvgIpc) is 3.60. The zero-order chi connectivity index (χ0) is 36.7. The second kappa shape index (κ2) is 14.3. The summed E-state index contributed by atoms with van der Waals surface area (Å²) in [5, 5.41) is 23.5. The van der Waals surface area contributed by atoms with E-state index in [2.05, 4.69) is 52.3 Å². The lowest BCUT2D eigenvalue weighted by molar-refractivity contribution is -0.136. The molecular weight excluding hydrogens is 680 g/mol. The van der Waals surface area contributed by atoms with Crippen molar-refractivity contribution < 1.29 is 23.7 Å². The summed E-state index contributed by atoms with van der Waals surface area (Å²) in [5.74, 6) is -0.588. The molecule has 0 spiro atoms. The molecule has 266 valence electrons. The Balaban J connectivity index is 1.05. The van der Waals surface area contributed by atoms with Gasteiger partial charge in [-0.25, -0.2) is 0 Å². The Morgan fingerprint density at radius 1 is 0.942 bits per heavy atom. The van der Waals surface area contributed by atoms with Crippen molar-refractivity contribution in [1.82, 2.24) is 15.4 Å². The summed E-state index contributed by atoms with van der Waals surface area (Å²) in [6.07, 6.45) is 4.11. The van der Waals surface area contributed by atoms with Crippen LogP contribution in [0, 0.1) is 43.9 Å². The van der Waals surface area contributed by atoms with E-state index in [1.54, 1.807) is 24.3 Å². The van der Waals surface area contributed by atoms with Crippen LogP contribution in [0.1, 0.15) is 93.4 Å². The molecule has 3 N–H and O–H groups in total. The Kier molecular flexibility index (Phi) is 9.60. The monoisotopic (exact) mass is 718 g/mol. The van der Waals surface area contributed by atoms with Crippen molar-refractivity contribution >= 4 is 46.6 Å². The topological polar surface area (TPSA) is 157 Å². The van der Waals surface area contributed by atoms with E-state index in [1.807, 2.05) is 26.0 Å². The molecule has 4 amide bonds. The number of fused-ring (bicyclic) bond motifs is 1. The first-order chi connectivity index (χ1) is 25.0. The molecule has 1 aromatic heterocycles. The highest BCUT2D eigenvalue weighted by Crippen LogP contribution is 2.42. The second-order valence-electron chi connectivity index (χ2n) is 14.1. The molecule has 2 fully saturated rings. The molecule has 1 saturated carbocycles. The number of piperidine rings is 1. The minimum atomic E-state index is -0.994. The number of hydrogen-bond donors (Lipinski definition) is 3. The summed E-state index contributed by atoms with van der Waals surface area (Å²) >= 11 is 6.46. The predicted molar refractivity (Wildman–Crippen MR) is 196 cm³/mol. The molecule has 2 aliphatic heterocycles. The highest BCUT2D eigenvalue weighted by molar-refractivity contribution is 6.32. The number of aryl methyl sites for hydroxylation is 3. The summed E-state index contributed by atoms with van der Waals surface area (Å²) < 4.78 is 5.49. The van der Waals surface area contributed by atoms with Crippen molar-refractivity contribution in [3.05, 3.63) is 98.9 Å². The van der Waals surface area contributed by atoms with Gasteiger partial charge in [0.25, 0.3) is 11.8 Å². The number of nitrogens with one attached hydrogen (secondary N) is 3. The van der Waals surface area contributed by atoms with Crippen LogP contribution in [0.2, 0.25) is 5.02 Å². The zero-order valence-electron chi connectivity index (χ0n) is 29.2. The number of amides is 4. The Hall–Kier alpha value is -5.47. The number of rotatable bonds is 9. The molecule has 12 heteroatoms. The highest BCUT2D eigenvalue weighted by Gasteiger charge is 2.44. The van der Waals surface area contributed by atoms with Gasteiger partial charge in [0.2, 0.25) is 11.8 Å². The maximum Gasteiger partial charge on any atom is 0.262 e. The Morgan fingerprint density at radius 3 is 2.38 bits per heavy atom. The van der Waals surface area contributed by atoms with Gasteiger partial charge in [-0.1, -0.05) is 28.9 Å². The molecule has 2 atom stereocenters. The Morgan fingerprint density at radius 2 is 1.69 bits per heavy atom. The van der Waals surface area contributed by atoms with E-state index < -0.39 is 29.7 Å². The van der Waals surface area contributed by atoms with Crippen LogP contribution in [0.25, 0.3) is 11.1 Å². The summed E-state index contributed by atoms with van der Waals surface area (Å²) in [6, 6.07) is 18.2. The van der Waals surface area contributed by atoms with Gasteiger partial charge in [-0.15, -0.1) is 0 Å². The van der Waals surface area contributed by atoms with Crippen molar-refractivity contribution in [2.75, 3.05) is 17.2 Å². The molecular formula is C40H39ClN6O5. The molecule has 3 heterocycles. The molecule has 52 heavy (non-hydrogen) atoms. The highest BCUT2D eigenvalue weighted by atomic mass is 35.5. The molecule has 0 radical (unpaired) electrons. The van der Waals surface area contributed by atoms with Crippen LogP contribution in [-0.4, -0.2) is 46.3 Å². The van der Waals surface area contributed by atoms with E-state index >= 15 is 0 Å². The van der Waals surface area contributed by atoms with Gasteiger partial charge in [-0.2, -0.15) is 5.26 Å². The van der Waals surface area contributed by atoms with E-state index in [-0.39, 0.29) is 30.0 Å². The van der Waals surface area contributed by atoms with Gasteiger partial charge >= 0.3 is 0 Å². The van der Waals surface area contributed by atoms with Crippen LogP contribution in [0.5, 0.6) is 0 Å². The van der Waals surface area contributed by atoms with E-state index in [9.17, 15) is 24.4 Å². The lowest BCUT2D eigenvalue weighted by atomic mass is 9.75. The van der Waals surface area contributed by atoms with Gasteiger partial charge in [0, 0.05) is 29.9 Å². The third-order valence-electron chi connectivity index (χ3n) is 10.7. The zero-order valence-corrected chi connectivity index (χ0v) is 30.0. The van der Waals surface area contributed by atoms with Gasteiger partial charge < -0.3 is 15.2 Å². The van der Waals surface area contributed by atoms with Crippen molar-refractivity contribution in [1.29, 1.82) is 5.26 Å². The molecule has 3 aromatic carbocycles. The third kappa shape index (κ3) is 6.66.